The summed E-state index contributed by atoms with van der Waals surface area (Å²) in [6.45, 7) is 0. The molecule has 12 rings (SSSR count). The number of hydrogen-bond acceptors (Lipinski definition) is 3. The molecule has 0 saturated carbocycles. The second-order valence-corrected chi connectivity index (χ2v) is 14.9. The molecular formula is C54H34N2O2. The third-order valence-electron chi connectivity index (χ3n) is 11.6. The van der Waals surface area contributed by atoms with Crippen molar-refractivity contribution in [2.24, 2.45) is 0 Å². The van der Waals surface area contributed by atoms with Crippen molar-refractivity contribution in [3.63, 3.8) is 0 Å². The lowest BCUT2D eigenvalue weighted by atomic mass is 10.0. The van der Waals surface area contributed by atoms with Crippen LogP contribution in [0.3, 0.4) is 0 Å². The normalized spacial score (nSPS) is 11.8. The predicted molar refractivity (Wildman–Crippen MR) is 241 cm³/mol. The second-order valence-electron chi connectivity index (χ2n) is 14.9. The van der Waals surface area contributed by atoms with E-state index < -0.39 is 0 Å². The number of anilines is 3. The highest BCUT2D eigenvalue weighted by molar-refractivity contribution is 6.12. The van der Waals surface area contributed by atoms with Crippen LogP contribution in [0, 0.1) is 0 Å². The van der Waals surface area contributed by atoms with Crippen LogP contribution in [0.4, 0.5) is 17.1 Å². The van der Waals surface area contributed by atoms with Gasteiger partial charge < -0.3 is 18.3 Å². The first kappa shape index (κ1) is 32.4. The van der Waals surface area contributed by atoms with Crippen molar-refractivity contribution < 1.29 is 8.83 Å². The highest BCUT2D eigenvalue weighted by Crippen LogP contribution is 2.42. The monoisotopic (exact) mass is 742 g/mol. The highest BCUT2D eigenvalue weighted by atomic mass is 16.3. The predicted octanol–water partition coefficient (Wildman–Crippen LogP) is 15.4. The maximum Gasteiger partial charge on any atom is 0.135 e. The van der Waals surface area contributed by atoms with Gasteiger partial charge in [0.15, 0.2) is 0 Å². The first-order valence-corrected chi connectivity index (χ1v) is 19.7. The van der Waals surface area contributed by atoms with Crippen LogP contribution in [-0.2, 0) is 0 Å². The Morgan fingerprint density at radius 1 is 0.293 bits per heavy atom. The second kappa shape index (κ2) is 12.9. The Balaban J connectivity index is 1.02. The maximum absolute atomic E-state index is 6.23. The zero-order valence-corrected chi connectivity index (χ0v) is 31.3. The van der Waals surface area contributed by atoms with Gasteiger partial charge in [-0.05, 0) is 107 Å². The molecule has 0 spiro atoms. The molecule has 0 aliphatic carbocycles. The van der Waals surface area contributed by atoms with Gasteiger partial charge in [0.25, 0.3) is 0 Å². The van der Waals surface area contributed by atoms with Gasteiger partial charge in [0.1, 0.15) is 22.3 Å². The smallest absolute Gasteiger partial charge is 0.135 e. The van der Waals surface area contributed by atoms with Crippen molar-refractivity contribution in [2.75, 3.05) is 4.90 Å². The Hall–Kier alpha value is -7.82. The molecule has 272 valence electrons. The highest BCUT2D eigenvalue weighted by Gasteiger charge is 2.19. The van der Waals surface area contributed by atoms with Gasteiger partial charge in [0.2, 0.25) is 0 Å². The van der Waals surface area contributed by atoms with Crippen molar-refractivity contribution in [3.05, 3.63) is 206 Å². The van der Waals surface area contributed by atoms with E-state index in [1.165, 1.54) is 21.9 Å². The molecule has 0 fully saturated rings. The van der Waals surface area contributed by atoms with Gasteiger partial charge in [0.05, 0.1) is 11.0 Å². The summed E-state index contributed by atoms with van der Waals surface area (Å²) in [5, 5.41) is 6.90. The molecule has 9 aromatic carbocycles. The van der Waals surface area contributed by atoms with Gasteiger partial charge in [-0.15, -0.1) is 0 Å². The van der Waals surface area contributed by atoms with Crippen molar-refractivity contribution >= 4 is 82.7 Å². The van der Waals surface area contributed by atoms with E-state index >= 15 is 0 Å². The molecule has 0 N–H and O–H groups in total. The van der Waals surface area contributed by atoms with Gasteiger partial charge in [-0.25, -0.2) is 0 Å². The van der Waals surface area contributed by atoms with Crippen LogP contribution in [0.2, 0.25) is 0 Å². The van der Waals surface area contributed by atoms with Gasteiger partial charge >= 0.3 is 0 Å². The minimum Gasteiger partial charge on any atom is -0.456 e. The van der Waals surface area contributed by atoms with Crippen LogP contribution >= 0.6 is 0 Å². The Kier molecular flexibility index (Phi) is 7.20. The van der Waals surface area contributed by atoms with E-state index in [4.69, 9.17) is 8.83 Å². The summed E-state index contributed by atoms with van der Waals surface area (Å²) in [5.74, 6) is 0. The molecule has 3 aromatic heterocycles. The molecule has 0 atom stereocenters. The molecule has 0 amide bonds. The number of furan rings is 2. The SMILES string of the molecule is c1ccc(-c2ccc(N(c3ccc(-c4ccc5oc6ccccc6c5c4)cc3)c3ccc4c5ccccc5n(-c5ccc6oc7ccccc7c6c5)c4c3)cc2)cc1. The molecule has 0 bridgehead atoms. The van der Waals surface area contributed by atoms with Gasteiger partial charge in [-0.2, -0.15) is 0 Å². The van der Waals surface area contributed by atoms with Crippen LogP contribution in [0.15, 0.2) is 215 Å². The third kappa shape index (κ3) is 5.16. The van der Waals surface area contributed by atoms with Crippen molar-refractivity contribution in [2.45, 2.75) is 0 Å². The third-order valence-corrected chi connectivity index (χ3v) is 11.6. The quantitative estimate of drug-likeness (QED) is 0.170. The van der Waals surface area contributed by atoms with Gasteiger partial charge in [-0.3, -0.25) is 0 Å². The fraction of sp³-hybridized carbons (Fsp3) is 0. The maximum atomic E-state index is 6.23. The number of nitrogens with zero attached hydrogens (tertiary/aromatic N) is 2. The molecule has 0 aliphatic rings. The van der Waals surface area contributed by atoms with Crippen molar-refractivity contribution in [1.82, 2.24) is 4.57 Å². The van der Waals surface area contributed by atoms with Crippen molar-refractivity contribution in [1.29, 1.82) is 0 Å². The lowest BCUT2D eigenvalue weighted by molar-refractivity contribution is 0.668. The van der Waals surface area contributed by atoms with E-state index in [0.717, 1.165) is 88.8 Å². The Bertz CT molecular complexity index is 3500. The van der Waals surface area contributed by atoms with Crippen molar-refractivity contribution in [3.8, 4) is 27.9 Å². The van der Waals surface area contributed by atoms with Crippen LogP contribution in [0.5, 0.6) is 0 Å². The minimum atomic E-state index is 0.887. The largest absolute Gasteiger partial charge is 0.456 e. The Morgan fingerprint density at radius 3 is 1.47 bits per heavy atom. The zero-order chi connectivity index (χ0) is 38.2. The molecule has 4 heteroatoms. The summed E-state index contributed by atoms with van der Waals surface area (Å²) in [6.07, 6.45) is 0. The van der Waals surface area contributed by atoms with Crippen LogP contribution in [0.1, 0.15) is 0 Å². The topological polar surface area (TPSA) is 34.5 Å². The number of hydrogen-bond donors (Lipinski definition) is 0. The molecular weight excluding hydrogens is 709 g/mol. The summed E-state index contributed by atoms with van der Waals surface area (Å²) in [7, 11) is 0. The molecule has 0 radical (unpaired) electrons. The molecule has 4 nitrogen and oxygen atoms in total. The summed E-state index contributed by atoms with van der Waals surface area (Å²) < 4.78 is 14.8. The van der Waals surface area contributed by atoms with Crippen LogP contribution < -0.4 is 4.90 Å². The van der Waals surface area contributed by atoms with E-state index in [9.17, 15) is 0 Å². The molecule has 58 heavy (non-hydrogen) atoms. The number of aromatic nitrogens is 1. The van der Waals surface area contributed by atoms with Gasteiger partial charge in [0, 0.05) is 55.1 Å². The molecule has 3 heterocycles. The first-order chi connectivity index (χ1) is 28.7. The van der Waals surface area contributed by atoms with E-state index in [1.807, 2.05) is 24.3 Å². The summed E-state index contributed by atoms with van der Waals surface area (Å²) >= 11 is 0. The lowest BCUT2D eigenvalue weighted by Gasteiger charge is -2.26. The average Bonchev–Trinajstić information content (AvgIpc) is 3.96. The van der Waals surface area contributed by atoms with Crippen LogP contribution in [-0.4, -0.2) is 4.57 Å². The number of para-hydroxylation sites is 3. The van der Waals surface area contributed by atoms with E-state index in [2.05, 4.69) is 191 Å². The molecule has 0 aliphatic heterocycles. The minimum absolute atomic E-state index is 0.887. The average molecular weight is 743 g/mol. The lowest BCUT2D eigenvalue weighted by Crippen LogP contribution is -2.10. The number of benzene rings is 9. The van der Waals surface area contributed by atoms with Gasteiger partial charge in [-0.1, -0.05) is 121 Å². The Morgan fingerprint density at radius 2 is 0.776 bits per heavy atom. The first-order valence-electron chi connectivity index (χ1n) is 19.7. The zero-order valence-electron chi connectivity index (χ0n) is 31.3. The fourth-order valence-electron chi connectivity index (χ4n) is 8.82. The number of rotatable bonds is 6. The Labute approximate surface area is 334 Å². The standard InChI is InChI=1S/C54H34N2O2/c1-2-10-35(11-3-1)36-18-23-39(24-19-36)55(40-25-20-37(21-26-40)38-22-30-53-47(32-38)45-13-5-8-16-51(45)57-53)42-27-29-44-43-12-4-7-15-49(43)56(50(44)34-42)41-28-31-54-48(33-41)46-14-6-9-17-52(46)58-54/h1-34H. The fourth-order valence-corrected chi connectivity index (χ4v) is 8.82. The summed E-state index contributed by atoms with van der Waals surface area (Å²) in [5.41, 5.74) is 14.9. The molecule has 0 saturated heterocycles. The van der Waals surface area contributed by atoms with E-state index in [1.54, 1.807) is 0 Å². The number of fused-ring (bicyclic) bond motifs is 9. The molecule has 0 unspecified atom stereocenters. The summed E-state index contributed by atoms with van der Waals surface area (Å²) in [4.78, 5) is 2.36. The van der Waals surface area contributed by atoms with E-state index in [-0.39, 0.29) is 0 Å². The summed E-state index contributed by atoms with van der Waals surface area (Å²) in [6, 6.07) is 73.5. The molecule has 12 aromatic rings. The van der Waals surface area contributed by atoms with E-state index in [0.29, 0.717) is 0 Å². The van der Waals surface area contributed by atoms with Crippen LogP contribution in [0.25, 0.3) is 93.6 Å².